The van der Waals surface area contributed by atoms with E-state index in [-0.39, 0.29) is 12.0 Å². The Labute approximate surface area is 224 Å². The number of carbonyl (C=O) groups excluding carboxylic acids is 3. The number of carbonyl (C=O) groups is 3. The van der Waals surface area contributed by atoms with Crippen LogP contribution in [0.4, 0.5) is 10.5 Å². The highest BCUT2D eigenvalue weighted by Gasteiger charge is 2.48. The summed E-state index contributed by atoms with van der Waals surface area (Å²) in [6.45, 7) is 10.3. The number of hydrogen-bond donors (Lipinski definition) is 3. The maximum Gasteiger partial charge on any atom is 0.408 e. The van der Waals surface area contributed by atoms with E-state index in [1.807, 2.05) is 39.0 Å². The maximum atomic E-state index is 14.0. The van der Waals surface area contributed by atoms with Gasteiger partial charge in [0.2, 0.25) is 5.91 Å². The molecule has 4 unspecified atom stereocenters. The van der Waals surface area contributed by atoms with Gasteiger partial charge in [-0.15, -0.1) is 0 Å². The molecule has 0 aliphatic heterocycles. The van der Waals surface area contributed by atoms with Gasteiger partial charge in [-0.25, -0.2) is 4.79 Å². The standard InChI is InChI=1S/C29H39N3O6/c1-17-9-8-10-18(2)24(17)25(26(34)30-20-11-13-21(37-7)14-12-20)32(23-15-19(23)3)27(35)22(16-33)31-28(36)38-29(4,5)6/h8-14,19,22-23,25,33H,15-16H2,1-7H3,(H,30,34)(H,31,36). The van der Waals surface area contributed by atoms with Crippen LogP contribution in [0, 0.1) is 19.8 Å². The quantitative estimate of drug-likeness (QED) is 0.454. The van der Waals surface area contributed by atoms with E-state index in [1.54, 1.807) is 52.1 Å². The molecule has 0 aromatic heterocycles. The van der Waals surface area contributed by atoms with Gasteiger partial charge < -0.3 is 30.1 Å². The van der Waals surface area contributed by atoms with Crippen LogP contribution in [0.5, 0.6) is 5.75 Å². The van der Waals surface area contributed by atoms with Crippen molar-refractivity contribution in [1.82, 2.24) is 10.2 Å². The smallest absolute Gasteiger partial charge is 0.408 e. The first kappa shape index (κ1) is 29.0. The SMILES string of the molecule is COc1ccc(NC(=O)C(c2c(C)cccc2C)N(C(=O)C(CO)NC(=O)OC(C)(C)C)C2CC2C)cc1. The van der Waals surface area contributed by atoms with Crippen LogP contribution >= 0.6 is 0 Å². The minimum Gasteiger partial charge on any atom is -0.497 e. The molecule has 3 rings (SSSR count). The van der Waals surface area contributed by atoms with Gasteiger partial charge in [-0.05, 0) is 87.9 Å². The lowest BCUT2D eigenvalue weighted by Gasteiger charge is -2.36. The van der Waals surface area contributed by atoms with Crippen LogP contribution in [0.25, 0.3) is 0 Å². The first-order chi connectivity index (χ1) is 17.9. The molecule has 0 radical (unpaired) electrons. The number of nitrogens with zero attached hydrogens (tertiary/aromatic N) is 1. The Morgan fingerprint density at radius 3 is 2.13 bits per heavy atom. The normalized spacial score (nSPS) is 18.1. The molecule has 1 saturated carbocycles. The number of anilines is 1. The summed E-state index contributed by atoms with van der Waals surface area (Å²) in [4.78, 5) is 41.9. The lowest BCUT2D eigenvalue weighted by Crippen LogP contribution is -2.55. The zero-order valence-corrected chi connectivity index (χ0v) is 23.2. The molecule has 206 valence electrons. The second-order valence-electron chi connectivity index (χ2n) is 10.8. The number of hydrogen-bond acceptors (Lipinski definition) is 6. The van der Waals surface area contributed by atoms with Gasteiger partial charge in [0.05, 0.1) is 13.7 Å². The summed E-state index contributed by atoms with van der Waals surface area (Å²) in [7, 11) is 1.56. The summed E-state index contributed by atoms with van der Waals surface area (Å²) in [5.41, 5.74) is 2.18. The Hall–Kier alpha value is -3.59. The number of aryl methyl sites for hydroxylation is 2. The number of aliphatic hydroxyl groups excluding tert-OH is 1. The zero-order valence-electron chi connectivity index (χ0n) is 23.2. The van der Waals surface area contributed by atoms with E-state index < -0.39 is 42.2 Å². The van der Waals surface area contributed by atoms with Gasteiger partial charge in [0, 0.05) is 11.7 Å². The fourth-order valence-electron chi connectivity index (χ4n) is 4.53. The summed E-state index contributed by atoms with van der Waals surface area (Å²) in [5.74, 6) is -0.142. The van der Waals surface area contributed by atoms with Crippen molar-refractivity contribution in [2.75, 3.05) is 19.0 Å². The van der Waals surface area contributed by atoms with Gasteiger partial charge in [0.1, 0.15) is 23.4 Å². The molecule has 0 saturated heterocycles. The molecule has 0 bridgehead atoms. The van der Waals surface area contributed by atoms with E-state index in [4.69, 9.17) is 9.47 Å². The van der Waals surface area contributed by atoms with Crippen molar-refractivity contribution in [2.24, 2.45) is 5.92 Å². The van der Waals surface area contributed by atoms with Crippen LogP contribution in [-0.2, 0) is 14.3 Å². The third-order valence-corrected chi connectivity index (χ3v) is 6.55. The monoisotopic (exact) mass is 525 g/mol. The predicted octanol–water partition coefficient (Wildman–Crippen LogP) is 4.11. The number of alkyl carbamates (subject to hydrolysis) is 1. The Balaban J connectivity index is 2.02. The summed E-state index contributed by atoms with van der Waals surface area (Å²) >= 11 is 0. The van der Waals surface area contributed by atoms with E-state index >= 15 is 0 Å². The fourth-order valence-corrected chi connectivity index (χ4v) is 4.53. The lowest BCUT2D eigenvalue weighted by atomic mass is 9.93. The molecule has 4 atom stereocenters. The largest absolute Gasteiger partial charge is 0.497 e. The van der Waals surface area contributed by atoms with Crippen molar-refractivity contribution in [3.63, 3.8) is 0 Å². The predicted molar refractivity (Wildman–Crippen MR) is 145 cm³/mol. The summed E-state index contributed by atoms with van der Waals surface area (Å²) < 4.78 is 10.5. The second-order valence-corrected chi connectivity index (χ2v) is 10.8. The molecule has 3 N–H and O–H groups in total. The van der Waals surface area contributed by atoms with Crippen LogP contribution in [-0.4, -0.2) is 59.3 Å². The van der Waals surface area contributed by atoms with Crippen LogP contribution in [0.3, 0.4) is 0 Å². The Kier molecular flexibility index (Phi) is 9.04. The Morgan fingerprint density at radius 1 is 1.08 bits per heavy atom. The van der Waals surface area contributed by atoms with Crippen molar-refractivity contribution in [2.45, 2.75) is 71.7 Å². The van der Waals surface area contributed by atoms with Crippen molar-refractivity contribution < 1.29 is 29.0 Å². The van der Waals surface area contributed by atoms with Gasteiger partial charge >= 0.3 is 6.09 Å². The number of benzene rings is 2. The summed E-state index contributed by atoms with van der Waals surface area (Å²) in [5, 5.41) is 15.5. The molecule has 0 spiro atoms. The van der Waals surface area contributed by atoms with Gasteiger partial charge in [-0.1, -0.05) is 25.1 Å². The minimum atomic E-state index is -1.28. The van der Waals surface area contributed by atoms with Gasteiger partial charge in [0.25, 0.3) is 5.91 Å². The van der Waals surface area contributed by atoms with E-state index in [2.05, 4.69) is 10.6 Å². The van der Waals surface area contributed by atoms with Crippen LogP contribution < -0.4 is 15.4 Å². The molecule has 1 aliphatic rings. The third kappa shape index (κ3) is 7.04. The third-order valence-electron chi connectivity index (χ3n) is 6.55. The molecular weight excluding hydrogens is 486 g/mol. The highest BCUT2D eigenvalue weighted by molar-refractivity contribution is 5.99. The maximum absolute atomic E-state index is 14.0. The van der Waals surface area contributed by atoms with Crippen molar-refractivity contribution >= 4 is 23.6 Å². The van der Waals surface area contributed by atoms with E-state index in [9.17, 15) is 19.5 Å². The number of amides is 3. The van der Waals surface area contributed by atoms with Gasteiger partial charge in [0.15, 0.2) is 0 Å². The average molecular weight is 526 g/mol. The summed E-state index contributed by atoms with van der Waals surface area (Å²) in [6, 6.07) is 10.1. The van der Waals surface area contributed by atoms with Gasteiger partial charge in [-0.2, -0.15) is 0 Å². The number of ether oxygens (including phenoxy) is 2. The minimum absolute atomic E-state index is 0.153. The van der Waals surface area contributed by atoms with Crippen LogP contribution in [0.15, 0.2) is 42.5 Å². The first-order valence-electron chi connectivity index (χ1n) is 12.8. The number of nitrogens with one attached hydrogen (secondary N) is 2. The molecule has 2 aromatic carbocycles. The van der Waals surface area contributed by atoms with Crippen molar-refractivity contribution in [3.05, 3.63) is 59.2 Å². The average Bonchev–Trinajstić information content (AvgIpc) is 3.56. The number of rotatable bonds is 9. The lowest BCUT2D eigenvalue weighted by molar-refractivity contribution is -0.142. The highest BCUT2D eigenvalue weighted by atomic mass is 16.6. The number of methoxy groups -OCH3 is 1. The van der Waals surface area contributed by atoms with Crippen molar-refractivity contribution in [3.8, 4) is 5.75 Å². The van der Waals surface area contributed by atoms with Crippen molar-refractivity contribution in [1.29, 1.82) is 0 Å². The number of aliphatic hydroxyl groups is 1. The Bertz CT molecular complexity index is 1140. The molecule has 2 aromatic rings. The van der Waals surface area contributed by atoms with Crippen LogP contribution in [0.2, 0.25) is 0 Å². The molecule has 9 nitrogen and oxygen atoms in total. The van der Waals surface area contributed by atoms with E-state index in [0.29, 0.717) is 23.4 Å². The molecule has 38 heavy (non-hydrogen) atoms. The molecule has 9 heteroatoms. The molecule has 3 amide bonds. The Morgan fingerprint density at radius 2 is 1.66 bits per heavy atom. The molecule has 1 aliphatic carbocycles. The van der Waals surface area contributed by atoms with E-state index in [0.717, 1.165) is 11.1 Å². The highest BCUT2D eigenvalue weighted by Crippen LogP contribution is 2.42. The topological polar surface area (TPSA) is 117 Å². The zero-order chi connectivity index (χ0) is 28.2. The van der Waals surface area contributed by atoms with Gasteiger partial charge in [-0.3, -0.25) is 9.59 Å². The first-order valence-corrected chi connectivity index (χ1v) is 12.8. The molecule has 1 fully saturated rings. The molecule has 0 heterocycles. The van der Waals surface area contributed by atoms with E-state index in [1.165, 1.54) is 4.90 Å². The van der Waals surface area contributed by atoms with Crippen LogP contribution in [0.1, 0.15) is 56.8 Å². The fraction of sp³-hybridized carbons (Fsp3) is 0.483. The summed E-state index contributed by atoms with van der Waals surface area (Å²) in [6.07, 6.45) is -0.117. The second kappa shape index (κ2) is 11.9. The molecular formula is C29H39N3O6.